The zero-order valence-electron chi connectivity index (χ0n) is 11.5. The van der Waals surface area contributed by atoms with Crippen LogP contribution in [0.25, 0.3) is 0 Å². The molecule has 2 amide bonds. The fraction of sp³-hybridized carbons (Fsp3) is 0.833. The Hall–Kier alpha value is -1.30. The topological polar surface area (TPSA) is 79.5 Å². The van der Waals surface area contributed by atoms with Gasteiger partial charge in [-0.25, -0.2) is 4.79 Å². The third-order valence-electron chi connectivity index (χ3n) is 2.77. The van der Waals surface area contributed by atoms with Gasteiger partial charge in [0.2, 0.25) is 5.91 Å². The summed E-state index contributed by atoms with van der Waals surface area (Å²) < 4.78 is 5.19. The highest BCUT2D eigenvalue weighted by molar-refractivity contribution is 5.80. The molecule has 3 N–H and O–H groups in total. The van der Waals surface area contributed by atoms with Crippen molar-refractivity contribution in [3.05, 3.63) is 0 Å². The highest BCUT2D eigenvalue weighted by Gasteiger charge is 2.32. The molecule has 1 aliphatic rings. The summed E-state index contributed by atoms with van der Waals surface area (Å²) in [7, 11) is 1.61. The third-order valence-corrected chi connectivity index (χ3v) is 2.77. The van der Waals surface area contributed by atoms with Crippen molar-refractivity contribution in [2.24, 2.45) is 5.92 Å². The summed E-state index contributed by atoms with van der Waals surface area (Å²) in [5, 5.41) is 8.55. The average Bonchev–Trinajstić information content (AvgIpc) is 2.26. The van der Waals surface area contributed by atoms with Crippen LogP contribution in [0.4, 0.5) is 4.79 Å². The Labute approximate surface area is 108 Å². The first-order chi connectivity index (χ1) is 8.33. The first kappa shape index (κ1) is 14.8. The van der Waals surface area contributed by atoms with Crippen LogP contribution in [0.2, 0.25) is 0 Å². The van der Waals surface area contributed by atoms with Crippen molar-refractivity contribution < 1.29 is 14.3 Å². The van der Waals surface area contributed by atoms with Gasteiger partial charge in [0.25, 0.3) is 0 Å². The van der Waals surface area contributed by atoms with Crippen LogP contribution in [-0.4, -0.2) is 43.8 Å². The van der Waals surface area contributed by atoms with Crippen molar-refractivity contribution >= 4 is 12.0 Å². The van der Waals surface area contributed by atoms with Crippen LogP contribution in [0.15, 0.2) is 0 Å². The molecule has 1 saturated heterocycles. The van der Waals surface area contributed by atoms with Gasteiger partial charge in [-0.15, -0.1) is 0 Å². The summed E-state index contributed by atoms with van der Waals surface area (Å²) in [6.45, 7) is 6.79. The Balaban J connectivity index is 2.57. The van der Waals surface area contributed by atoms with Crippen LogP contribution in [-0.2, 0) is 9.53 Å². The molecule has 0 spiro atoms. The predicted molar refractivity (Wildman–Crippen MR) is 68.2 cm³/mol. The van der Waals surface area contributed by atoms with Gasteiger partial charge < -0.3 is 20.7 Å². The Morgan fingerprint density at radius 1 is 1.33 bits per heavy atom. The Morgan fingerprint density at radius 3 is 2.56 bits per heavy atom. The molecule has 6 nitrogen and oxygen atoms in total. The van der Waals surface area contributed by atoms with E-state index in [1.165, 1.54) is 0 Å². The standard InChI is InChI=1S/C12H23N3O3/c1-12(2,3)18-11(17)15-9-7-14-6-5-8(9)10(16)13-4/h8-9,14H,5-7H2,1-4H3,(H,13,16)(H,15,17)/t8-,9+/m0/s1. The van der Waals surface area contributed by atoms with Crippen LogP contribution in [0, 0.1) is 5.92 Å². The van der Waals surface area contributed by atoms with E-state index in [2.05, 4.69) is 16.0 Å². The molecule has 0 unspecified atom stereocenters. The van der Waals surface area contributed by atoms with Gasteiger partial charge in [-0.2, -0.15) is 0 Å². The fourth-order valence-electron chi connectivity index (χ4n) is 1.97. The van der Waals surface area contributed by atoms with Gasteiger partial charge in [-0.3, -0.25) is 4.79 Å². The van der Waals surface area contributed by atoms with Crippen molar-refractivity contribution in [1.82, 2.24) is 16.0 Å². The minimum atomic E-state index is -0.533. The van der Waals surface area contributed by atoms with Crippen LogP contribution in [0.5, 0.6) is 0 Å². The van der Waals surface area contributed by atoms with Gasteiger partial charge in [-0.1, -0.05) is 0 Å². The molecule has 1 aliphatic heterocycles. The quantitative estimate of drug-likeness (QED) is 0.662. The molecular weight excluding hydrogens is 234 g/mol. The zero-order chi connectivity index (χ0) is 13.8. The summed E-state index contributed by atoms with van der Waals surface area (Å²) >= 11 is 0. The Bertz CT molecular complexity index is 312. The predicted octanol–water partition coefficient (Wildman–Crippen LogP) is 0.235. The number of carbonyl (C=O) groups is 2. The maximum atomic E-state index is 11.7. The van der Waals surface area contributed by atoms with Crippen molar-refractivity contribution in [2.45, 2.75) is 38.8 Å². The Kier molecular flexibility index (Phi) is 4.95. The molecule has 2 atom stereocenters. The van der Waals surface area contributed by atoms with Crippen molar-refractivity contribution in [1.29, 1.82) is 0 Å². The van der Waals surface area contributed by atoms with Gasteiger partial charge in [0, 0.05) is 13.6 Å². The Morgan fingerprint density at radius 2 is 2.00 bits per heavy atom. The first-order valence-electron chi connectivity index (χ1n) is 6.25. The molecular formula is C12H23N3O3. The van der Waals surface area contributed by atoms with E-state index >= 15 is 0 Å². The number of alkyl carbamates (subject to hydrolysis) is 1. The minimum Gasteiger partial charge on any atom is -0.444 e. The largest absolute Gasteiger partial charge is 0.444 e. The summed E-state index contributed by atoms with van der Waals surface area (Å²) in [6.07, 6.45) is 0.227. The number of hydrogen-bond donors (Lipinski definition) is 3. The molecule has 0 aromatic carbocycles. The summed E-state index contributed by atoms with van der Waals surface area (Å²) in [5.41, 5.74) is -0.533. The third kappa shape index (κ3) is 4.52. The maximum Gasteiger partial charge on any atom is 0.407 e. The lowest BCUT2D eigenvalue weighted by Gasteiger charge is -2.32. The zero-order valence-corrected chi connectivity index (χ0v) is 11.5. The lowest BCUT2D eigenvalue weighted by atomic mass is 9.92. The van der Waals surface area contributed by atoms with E-state index in [1.54, 1.807) is 7.05 Å². The molecule has 0 bridgehead atoms. The van der Waals surface area contributed by atoms with E-state index in [1.807, 2.05) is 20.8 Å². The van der Waals surface area contributed by atoms with Crippen LogP contribution in [0.1, 0.15) is 27.2 Å². The van der Waals surface area contributed by atoms with E-state index in [9.17, 15) is 9.59 Å². The second kappa shape index (κ2) is 6.04. The second-order valence-corrected chi connectivity index (χ2v) is 5.47. The molecule has 0 aromatic heterocycles. The smallest absolute Gasteiger partial charge is 0.407 e. The van der Waals surface area contributed by atoms with Crippen LogP contribution in [0.3, 0.4) is 0 Å². The lowest BCUT2D eigenvalue weighted by molar-refractivity contribution is -0.126. The molecule has 0 saturated carbocycles. The normalized spacial score (nSPS) is 24.2. The SMILES string of the molecule is CNC(=O)[C@H]1CCNC[C@H]1NC(=O)OC(C)(C)C. The van der Waals surface area contributed by atoms with Crippen molar-refractivity contribution in [3.8, 4) is 0 Å². The number of carbonyl (C=O) groups excluding carboxylic acids is 2. The molecule has 0 aliphatic carbocycles. The number of piperidine rings is 1. The maximum absolute atomic E-state index is 11.7. The number of hydrogen-bond acceptors (Lipinski definition) is 4. The van der Waals surface area contributed by atoms with E-state index < -0.39 is 11.7 Å². The monoisotopic (exact) mass is 257 g/mol. The number of ether oxygens (including phenoxy) is 1. The van der Waals surface area contributed by atoms with Crippen molar-refractivity contribution in [2.75, 3.05) is 20.1 Å². The molecule has 1 rings (SSSR count). The number of nitrogens with one attached hydrogen (secondary N) is 3. The highest BCUT2D eigenvalue weighted by Crippen LogP contribution is 2.14. The molecule has 0 radical (unpaired) electrons. The molecule has 1 heterocycles. The molecule has 104 valence electrons. The molecule has 6 heteroatoms. The van der Waals surface area contributed by atoms with E-state index in [0.29, 0.717) is 13.0 Å². The molecule has 1 fully saturated rings. The van der Waals surface area contributed by atoms with Gasteiger partial charge >= 0.3 is 6.09 Å². The lowest BCUT2D eigenvalue weighted by Crippen LogP contribution is -2.55. The van der Waals surface area contributed by atoms with Gasteiger partial charge in [0.05, 0.1) is 12.0 Å². The van der Waals surface area contributed by atoms with E-state index in [-0.39, 0.29) is 17.9 Å². The van der Waals surface area contributed by atoms with E-state index in [0.717, 1.165) is 6.54 Å². The number of amides is 2. The highest BCUT2D eigenvalue weighted by atomic mass is 16.6. The molecule has 18 heavy (non-hydrogen) atoms. The van der Waals surface area contributed by atoms with Gasteiger partial charge in [-0.05, 0) is 33.7 Å². The van der Waals surface area contributed by atoms with E-state index in [4.69, 9.17) is 4.74 Å². The minimum absolute atomic E-state index is 0.0439. The average molecular weight is 257 g/mol. The summed E-state index contributed by atoms with van der Waals surface area (Å²) in [5.74, 6) is -0.249. The summed E-state index contributed by atoms with van der Waals surface area (Å²) in [6, 6.07) is -0.228. The van der Waals surface area contributed by atoms with Gasteiger partial charge in [0.15, 0.2) is 0 Å². The second-order valence-electron chi connectivity index (χ2n) is 5.47. The number of rotatable bonds is 2. The van der Waals surface area contributed by atoms with Crippen LogP contribution >= 0.6 is 0 Å². The van der Waals surface area contributed by atoms with Gasteiger partial charge in [0.1, 0.15) is 5.60 Å². The van der Waals surface area contributed by atoms with Crippen LogP contribution < -0.4 is 16.0 Å². The summed E-state index contributed by atoms with van der Waals surface area (Å²) in [4.78, 5) is 23.4. The first-order valence-corrected chi connectivity index (χ1v) is 6.25. The van der Waals surface area contributed by atoms with Crippen molar-refractivity contribution in [3.63, 3.8) is 0 Å². The fourth-order valence-corrected chi connectivity index (χ4v) is 1.97. The molecule has 0 aromatic rings.